The summed E-state index contributed by atoms with van der Waals surface area (Å²) >= 11 is 0. The highest BCUT2D eigenvalue weighted by atomic mass is 19.3. The molecule has 0 unspecified atom stereocenters. The molecule has 0 radical (unpaired) electrons. The summed E-state index contributed by atoms with van der Waals surface area (Å²) in [4.78, 5) is 30.1. The van der Waals surface area contributed by atoms with E-state index in [1.54, 1.807) is 10.6 Å². The summed E-state index contributed by atoms with van der Waals surface area (Å²) in [5, 5.41) is 2.09. The molecular weight excluding hydrogens is 470 g/mol. The van der Waals surface area contributed by atoms with Crippen molar-refractivity contribution < 1.29 is 18.3 Å². The van der Waals surface area contributed by atoms with Gasteiger partial charge in [0, 0.05) is 27.1 Å². The number of alkyl halides is 2. The van der Waals surface area contributed by atoms with E-state index in [4.69, 9.17) is 4.74 Å². The molecule has 5 aromatic rings. The topological polar surface area (TPSA) is 80.3 Å². The molecular formula is C26H22F2N4O4. The number of imidazole rings is 1. The monoisotopic (exact) mass is 492 g/mol. The van der Waals surface area contributed by atoms with Gasteiger partial charge in [-0.2, -0.15) is 13.8 Å². The maximum Gasteiger partial charge on any atom is 0.394 e. The normalized spacial score (nSPS) is 11.8. The molecule has 0 amide bonds. The van der Waals surface area contributed by atoms with Crippen LogP contribution >= 0.6 is 0 Å². The first kappa shape index (κ1) is 23.3. The molecule has 0 aliphatic heterocycles. The quantitative estimate of drug-likeness (QED) is 0.351. The van der Waals surface area contributed by atoms with E-state index in [9.17, 15) is 18.4 Å². The lowest BCUT2D eigenvalue weighted by Crippen LogP contribution is -2.37. The van der Waals surface area contributed by atoms with Crippen LogP contribution < -0.4 is 20.7 Å². The Balaban J connectivity index is 1.65. The van der Waals surface area contributed by atoms with Crippen LogP contribution in [0.1, 0.15) is 12.5 Å². The summed E-state index contributed by atoms with van der Waals surface area (Å²) in [6, 6.07) is 19.5. The highest BCUT2D eigenvalue weighted by molar-refractivity contribution is 5.83. The number of nitrogens with zero attached hydrogens (tertiary/aromatic N) is 4. The van der Waals surface area contributed by atoms with Crippen molar-refractivity contribution in [3.63, 3.8) is 0 Å². The van der Waals surface area contributed by atoms with E-state index in [2.05, 4.69) is 9.72 Å². The van der Waals surface area contributed by atoms with Gasteiger partial charge in [-0.15, -0.1) is 0 Å². The Hall–Kier alpha value is -4.47. The van der Waals surface area contributed by atoms with Crippen molar-refractivity contribution in [2.75, 3.05) is 0 Å². The molecule has 36 heavy (non-hydrogen) atoms. The molecule has 10 heteroatoms. The van der Waals surface area contributed by atoms with Crippen LogP contribution in [-0.4, -0.2) is 24.8 Å². The van der Waals surface area contributed by atoms with Gasteiger partial charge in [-0.1, -0.05) is 42.5 Å². The number of aromatic nitrogens is 4. The number of aryl methyl sites for hydroxylation is 1. The molecule has 0 saturated carbocycles. The molecule has 2 aromatic heterocycles. The SMILES string of the molecule is Cn1c(=O)c2c(nc(Oc3cccc(OC(C)(F)F)c3)n2Cc2ccc3ccccc3c2)n(C)c1=O. The Kier molecular flexibility index (Phi) is 5.58. The van der Waals surface area contributed by atoms with Gasteiger partial charge in [0.15, 0.2) is 11.2 Å². The third-order valence-electron chi connectivity index (χ3n) is 5.78. The van der Waals surface area contributed by atoms with Crippen molar-refractivity contribution in [2.24, 2.45) is 14.1 Å². The zero-order chi connectivity index (χ0) is 25.6. The Bertz CT molecular complexity index is 1730. The third-order valence-corrected chi connectivity index (χ3v) is 5.78. The first-order valence-electron chi connectivity index (χ1n) is 11.1. The predicted molar refractivity (Wildman–Crippen MR) is 131 cm³/mol. The number of benzene rings is 3. The highest BCUT2D eigenvalue weighted by Crippen LogP contribution is 2.30. The summed E-state index contributed by atoms with van der Waals surface area (Å²) in [6.45, 7) is 0.854. The van der Waals surface area contributed by atoms with Gasteiger partial charge in [0.25, 0.3) is 5.56 Å². The molecule has 0 fully saturated rings. The van der Waals surface area contributed by atoms with Crippen LogP contribution in [0.3, 0.4) is 0 Å². The third kappa shape index (κ3) is 4.33. The second-order valence-corrected chi connectivity index (χ2v) is 8.53. The van der Waals surface area contributed by atoms with E-state index < -0.39 is 17.4 Å². The fourth-order valence-corrected chi connectivity index (χ4v) is 4.08. The predicted octanol–water partition coefficient (Wildman–Crippen LogP) is 4.42. The van der Waals surface area contributed by atoms with Gasteiger partial charge in [0.1, 0.15) is 11.5 Å². The van der Waals surface area contributed by atoms with E-state index in [0.29, 0.717) is 6.92 Å². The minimum Gasteiger partial charge on any atom is -0.433 e. The lowest BCUT2D eigenvalue weighted by atomic mass is 10.1. The number of ether oxygens (including phenoxy) is 2. The minimum atomic E-state index is -3.37. The number of halogens is 2. The second kappa shape index (κ2) is 8.63. The average molecular weight is 492 g/mol. The fraction of sp³-hybridized carbons (Fsp3) is 0.192. The number of hydrogen-bond donors (Lipinski definition) is 0. The van der Waals surface area contributed by atoms with E-state index >= 15 is 0 Å². The first-order chi connectivity index (χ1) is 17.1. The minimum absolute atomic E-state index is 0.0249. The van der Waals surface area contributed by atoms with Crippen molar-refractivity contribution in [3.8, 4) is 17.5 Å². The molecule has 0 aliphatic rings. The Morgan fingerprint density at radius 1 is 0.889 bits per heavy atom. The van der Waals surface area contributed by atoms with Gasteiger partial charge in [-0.3, -0.25) is 18.5 Å². The van der Waals surface area contributed by atoms with Crippen LogP contribution in [0.4, 0.5) is 8.78 Å². The lowest BCUT2D eigenvalue weighted by Gasteiger charge is -2.14. The van der Waals surface area contributed by atoms with Gasteiger partial charge < -0.3 is 9.47 Å². The molecule has 0 saturated heterocycles. The Morgan fingerprint density at radius 2 is 1.61 bits per heavy atom. The van der Waals surface area contributed by atoms with Crippen LogP contribution in [-0.2, 0) is 20.6 Å². The van der Waals surface area contributed by atoms with Crippen LogP contribution in [0.25, 0.3) is 21.9 Å². The van der Waals surface area contributed by atoms with Crippen molar-refractivity contribution in [2.45, 2.75) is 19.6 Å². The summed E-state index contributed by atoms with van der Waals surface area (Å²) < 4.78 is 41.1. The maximum absolute atomic E-state index is 13.3. The number of fused-ring (bicyclic) bond motifs is 2. The zero-order valence-electron chi connectivity index (χ0n) is 19.7. The maximum atomic E-state index is 13.3. The summed E-state index contributed by atoms with van der Waals surface area (Å²) in [7, 11) is 2.91. The van der Waals surface area contributed by atoms with Crippen LogP contribution in [0.2, 0.25) is 0 Å². The number of rotatable bonds is 6. The smallest absolute Gasteiger partial charge is 0.394 e. The summed E-state index contributed by atoms with van der Waals surface area (Å²) in [5.41, 5.74) is 0.132. The molecule has 2 heterocycles. The van der Waals surface area contributed by atoms with E-state index in [1.165, 1.54) is 36.9 Å². The van der Waals surface area contributed by atoms with Gasteiger partial charge >= 0.3 is 17.8 Å². The molecule has 0 aliphatic carbocycles. The zero-order valence-corrected chi connectivity index (χ0v) is 19.7. The van der Waals surface area contributed by atoms with E-state index in [1.807, 2.05) is 42.5 Å². The number of hydrogen-bond acceptors (Lipinski definition) is 5. The molecule has 0 spiro atoms. The van der Waals surface area contributed by atoms with Gasteiger partial charge in [-0.05, 0) is 34.5 Å². The van der Waals surface area contributed by atoms with Crippen molar-refractivity contribution in [1.82, 2.24) is 18.7 Å². The molecule has 5 rings (SSSR count). The van der Waals surface area contributed by atoms with E-state index in [-0.39, 0.29) is 35.2 Å². The van der Waals surface area contributed by atoms with Crippen LogP contribution in [0, 0.1) is 0 Å². The van der Waals surface area contributed by atoms with Crippen LogP contribution in [0.15, 0.2) is 76.3 Å². The molecule has 0 atom stereocenters. The Labute approximate surface area is 203 Å². The molecule has 0 bridgehead atoms. The van der Waals surface area contributed by atoms with Crippen molar-refractivity contribution >= 4 is 21.9 Å². The lowest BCUT2D eigenvalue weighted by molar-refractivity contribution is -0.158. The molecule has 3 aromatic carbocycles. The van der Waals surface area contributed by atoms with Gasteiger partial charge in [-0.25, -0.2) is 4.79 Å². The first-order valence-corrected chi connectivity index (χ1v) is 11.1. The van der Waals surface area contributed by atoms with Gasteiger partial charge in [0.05, 0.1) is 6.54 Å². The molecule has 184 valence electrons. The standard InChI is InChI=1S/C26H22F2N4O4/c1-26(27,28)36-20-10-6-9-19(14-20)35-24-29-22-21(23(33)31(3)25(34)30(22)2)32(24)15-16-11-12-17-7-4-5-8-18(17)13-16/h4-14H,15H2,1-3H3. The molecule has 8 nitrogen and oxygen atoms in total. The Morgan fingerprint density at radius 3 is 2.36 bits per heavy atom. The van der Waals surface area contributed by atoms with Crippen LogP contribution in [0.5, 0.6) is 17.5 Å². The van der Waals surface area contributed by atoms with Gasteiger partial charge in [0.2, 0.25) is 0 Å². The van der Waals surface area contributed by atoms with Crippen molar-refractivity contribution in [3.05, 3.63) is 93.1 Å². The highest BCUT2D eigenvalue weighted by Gasteiger charge is 2.24. The second-order valence-electron chi connectivity index (χ2n) is 8.53. The summed E-state index contributed by atoms with van der Waals surface area (Å²) in [5.74, 6) is 0.0779. The van der Waals surface area contributed by atoms with E-state index in [0.717, 1.165) is 20.9 Å². The fourth-order valence-electron chi connectivity index (χ4n) is 4.08. The largest absolute Gasteiger partial charge is 0.433 e. The summed E-state index contributed by atoms with van der Waals surface area (Å²) in [6.07, 6.45) is -3.37. The average Bonchev–Trinajstić information content (AvgIpc) is 3.18. The molecule has 0 N–H and O–H groups in total. The van der Waals surface area contributed by atoms with Crippen molar-refractivity contribution in [1.29, 1.82) is 0 Å².